The summed E-state index contributed by atoms with van der Waals surface area (Å²) in [7, 11) is 0. The summed E-state index contributed by atoms with van der Waals surface area (Å²) >= 11 is 0. The van der Waals surface area contributed by atoms with Gasteiger partial charge in [-0.3, -0.25) is 0 Å². The summed E-state index contributed by atoms with van der Waals surface area (Å²) in [6.45, 7) is 44.8. The average molecular weight is 958 g/mol. The Balaban J connectivity index is -0.000000142. The molecule has 0 aliphatic rings. The van der Waals surface area contributed by atoms with E-state index in [2.05, 4.69) is 83.1 Å². The third kappa shape index (κ3) is 35.3. The van der Waals surface area contributed by atoms with Gasteiger partial charge in [-0.25, -0.2) is 0 Å². The first-order valence-electron chi connectivity index (χ1n) is 22.3. The summed E-state index contributed by atoms with van der Waals surface area (Å²) in [4.78, 5) is 0. The van der Waals surface area contributed by atoms with Crippen LogP contribution in [0, 0.1) is 0 Å². The molecule has 0 aliphatic carbocycles. The Kier molecular flexibility index (Phi) is 59.3. The van der Waals surface area contributed by atoms with Crippen LogP contribution in [0.3, 0.4) is 0 Å². The summed E-state index contributed by atoms with van der Waals surface area (Å²) in [6.07, 6.45) is 27.5. The van der Waals surface area contributed by atoms with Crippen LogP contribution in [0.15, 0.2) is 0 Å². The Labute approximate surface area is 359 Å². The number of nitrogens with zero attached hydrogens (tertiary/aromatic N) is 3. The highest BCUT2D eigenvalue weighted by molar-refractivity contribution is 4.51. The van der Waals surface area contributed by atoms with E-state index in [9.17, 15) is 0 Å². The van der Waals surface area contributed by atoms with Crippen LogP contribution in [-0.4, -0.2) is 92.0 Å². The molecule has 0 heterocycles. The predicted octanol–water partition coefficient (Wildman–Crippen LogP) is 4.46. The molecule has 0 aromatic heterocycles. The highest BCUT2D eigenvalue weighted by atomic mass is 127. The lowest BCUT2D eigenvalue weighted by molar-refractivity contribution is -0.929. The molecule has 0 aromatic carbocycles. The van der Waals surface area contributed by atoms with E-state index in [1.165, 1.54) is 220 Å². The van der Waals surface area contributed by atoms with Gasteiger partial charge in [-0.05, 0) is 77.0 Å². The van der Waals surface area contributed by atoms with E-state index < -0.39 is 0 Å². The molecule has 0 spiro atoms. The molecular formula is C44H100Br2IN3. The van der Waals surface area contributed by atoms with E-state index >= 15 is 0 Å². The van der Waals surface area contributed by atoms with E-state index in [1.807, 2.05) is 0 Å². The van der Waals surface area contributed by atoms with Crippen molar-refractivity contribution in [2.75, 3.05) is 78.5 Å². The fraction of sp³-hybridized carbons (Fsp3) is 1.00. The molecule has 0 unspecified atom stereocenters. The van der Waals surface area contributed by atoms with Crippen molar-refractivity contribution in [1.82, 2.24) is 0 Å². The second-order valence-electron chi connectivity index (χ2n) is 15.5. The first kappa shape index (κ1) is 63.5. The van der Waals surface area contributed by atoms with Crippen molar-refractivity contribution in [3.05, 3.63) is 0 Å². The summed E-state index contributed by atoms with van der Waals surface area (Å²) in [5.41, 5.74) is 0. The molecule has 0 N–H and O–H groups in total. The average Bonchev–Trinajstić information content (AvgIpc) is 3.08. The molecule has 3 nitrogen and oxygen atoms in total. The zero-order valence-corrected chi connectivity index (χ0v) is 42.4. The predicted molar refractivity (Wildman–Crippen MR) is 220 cm³/mol. The van der Waals surface area contributed by atoms with Gasteiger partial charge in [0.1, 0.15) is 0 Å². The summed E-state index contributed by atoms with van der Waals surface area (Å²) in [5, 5.41) is 0. The van der Waals surface area contributed by atoms with Gasteiger partial charge in [0.15, 0.2) is 0 Å². The Hall–Kier alpha value is 1.57. The standard InChI is InChI=1S/2C16H36N.C12H28N.2BrH.HI/c2*1-5-9-13-17(14-10-6-2,15-11-7-3)16-12-8-4;1-5-9-13(10-6-2,11-7-3)12-8-4;;;/h2*5-16H2,1-4H3;5-12H2,1-4H3;3*1H/q3*+1;;;/p-3. The van der Waals surface area contributed by atoms with E-state index in [1.54, 1.807) is 0 Å². The Bertz CT molecular complexity index is 453. The van der Waals surface area contributed by atoms with Gasteiger partial charge in [0.25, 0.3) is 0 Å². The second kappa shape index (κ2) is 46.7. The molecule has 6 heteroatoms. The smallest absolute Gasteiger partial charge is 0.0786 e. The molecule has 312 valence electrons. The van der Waals surface area contributed by atoms with E-state index in [-0.39, 0.29) is 57.9 Å². The molecule has 0 bridgehead atoms. The highest BCUT2D eigenvalue weighted by Crippen LogP contribution is 2.18. The van der Waals surface area contributed by atoms with Gasteiger partial charge in [0.05, 0.1) is 78.5 Å². The monoisotopic (exact) mass is 956 g/mol. The van der Waals surface area contributed by atoms with Crippen LogP contribution in [0.5, 0.6) is 0 Å². The summed E-state index contributed by atoms with van der Waals surface area (Å²) in [6, 6.07) is 0. The van der Waals surface area contributed by atoms with Crippen molar-refractivity contribution in [1.29, 1.82) is 0 Å². The fourth-order valence-electron chi connectivity index (χ4n) is 7.86. The van der Waals surface area contributed by atoms with Crippen molar-refractivity contribution in [3.8, 4) is 0 Å². The van der Waals surface area contributed by atoms with Crippen molar-refractivity contribution >= 4 is 0 Å². The normalized spacial score (nSPS) is 11.3. The number of quaternary nitrogens is 3. The van der Waals surface area contributed by atoms with Crippen LogP contribution in [0.1, 0.15) is 212 Å². The quantitative estimate of drug-likeness (QED) is 0.0692. The van der Waals surface area contributed by atoms with E-state index in [0.29, 0.717) is 0 Å². The van der Waals surface area contributed by atoms with Gasteiger partial charge in [-0.2, -0.15) is 0 Å². The van der Waals surface area contributed by atoms with Crippen LogP contribution in [0.2, 0.25) is 0 Å². The lowest BCUT2D eigenvalue weighted by Crippen LogP contribution is -3.00. The molecular weight excluding hydrogens is 857 g/mol. The number of unbranched alkanes of at least 4 members (excludes halogenated alkanes) is 8. The van der Waals surface area contributed by atoms with E-state index in [0.717, 1.165) is 0 Å². The van der Waals surface area contributed by atoms with Crippen molar-refractivity contribution in [3.63, 3.8) is 0 Å². The van der Waals surface area contributed by atoms with Crippen LogP contribution in [0.4, 0.5) is 0 Å². The Morgan fingerprint density at radius 3 is 0.420 bits per heavy atom. The summed E-state index contributed by atoms with van der Waals surface area (Å²) < 4.78 is 4.22. The maximum Gasteiger partial charge on any atom is 0.0786 e. The summed E-state index contributed by atoms with van der Waals surface area (Å²) in [5.74, 6) is 0. The van der Waals surface area contributed by atoms with Crippen LogP contribution >= 0.6 is 0 Å². The Morgan fingerprint density at radius 1 is 0.200 bits per heavy atom. The minimum absolute atomic E-state index is 0. The van der Waals surface area contributed by atoms with Gasteiger partial charge in [0, 0.05) is 0 Å². The molecule has 0 saturated carbocycles. The van der Waals surface area contributed by atoms with Crippen LogP contribution in [-0.2, 0) is 0 Å². The third-order valence-electron chi connectivity index (χ3n) is 10.7. The number of halogens is 3. The Morgan fingerprint density at radius 2 is 0.320 bits per heavy atom. The maximum absolute atomic E-state index is 2.33. The number of hydrogen-bond donors (Lipinski definition) is 0. The largest absolute Gasteiger partial charge is 1.00 e. The van der Waals surface area contributed by atoms with Crippen molar-refractivity contribution in [2.45, 2.75) is 212 Å². The third-order valence-corrected chi connectivity index (χ3v) is 10.7. The first-order chi connectivity index (χ1) is 22.7. The fourth-order valence-corrected chi connectivity index (χ4v) is 7.86. The van der Waals surface area contributed by atoms with Crippen molar-refractivity contribution < 1.29 is 71.4 Å². The molecule has 0 rings (SSSR count). The highest BCUT2D eigenvalue weighted by Gasteiger charge is 2.26. The zero-order valence-electron chi connectivity index (χ0n) is 37.1. The lowest BCUT2D eigenvalue weighted by atomic mass is 10.1. The molecule has 0 fully saturated rings. The molecule has 50 heavy (non-hydrogen) atoms. The molecule has 0 aliphatic heterocycles. The van der Waals surface area contributed by atoms with Gasteiger partial charge in [0.2, 0.25) is 0 Å². The van der Waals surface area contributed by atoms with Crippen LogP contribution in [0.25, 0.3) is 0 Å². The van der Waals surface area contributed by atoms with E-state index in [4.69, 9.17) is 0 Å². The molecule has 0 aromatic rings. The lowest BCUT2D eigenvalue weighted by Gasteiger charge is -2.39. The van der Waals surface area contributed by atoms with Gasteiger partial charge in [-0.1, -0.05) is 134 Å². The van der Waals surface area contributed by atoms with Gasteiger partial charge in [-0.15, -0.1) is 0 Å². The number of rotatable bonds is 32. The van der Waals surface area contributed by atoms with Gasteiger partial charge < -0.3 is 71.4 Å². The SMILES string of the molecule is CCCC[N+](CCCC)(CCCC)CCCC.CCCC[N+](CCCC)(CCCC)CCCC.CCC[N+](CCC)(CCC)CCC.[Br-].[Br-].[I-]. The molecule has 0 radical (unpaired) electrons. The van der Waals surface area contributed by atoms with Crippen molar-refractivity contribution in [2.24, 2.45) is 0 Å². The second-order valence-corrected chi connectivity index (χ2v) is 15.5. The first-order valence-corrected chi connectivity index (χ1v) is 22.3. The minimum Gasteiger partial charge on any atom is -1.00 e. The van der Waals surface area contributed by atoms with Gasteiger partial charge >= 0.3 is 0 Å². The maximum atomic E-state index is 2.33. The molecule has 0 saturated heterocycles. The minimum atomic E-state index is 0. The zero-order chi connectivity index (χ0) is 36.1. The molecule has 0 amide bonds. The number of hydrogen-bond acceptors (Lipinski definition) is 0. The topological polar surface area (TPSA) is 0 Å². The van der Waals surface area contributed by atoms with Crippen LogP contribution < -0.4 is 57.9 Å². The molecule has 0 atom stereocenters.